The van der Waals surface area contributed by atoms with Gasteiger partial charge in [0.05, 0.1) is 5.57 Å². The summed E-state index contributed by atoms with van der Waals surface area (Å²) in [4.78, 5) is 31.7. The molecule has 4 aliphatic rings. The molecule has 2 unspecified atom stereocenters. The van der Waals surface area contributed by atoms with Crippen molar-refractivity contribution in [3.05, 3.63) is 65.2 Å². The summed E-state index contributed by atoms with van der Waals surface area (Å²) in [6, 6.07) is 8.58. The summed E-state index contributed by atoms with van der Waals surface area (Å²) in [6.07, 6.45) is 9.58. The number of carbonyl (C=O) groups is 2. The highest BCUT2D eigenvalue weighted by atomic mass is 16.5. The van der Waals surface area contributed by atoms with E-state index >= 15 is 0 Å². The van der Waals surface area contributed by atoms with Crippen LogP contribution in [-0.4, -0.2) is 54.5 Å². The first-order chi connectivity index (χ1) is 17.7. The third kappa shape index (κ3) is 4.19. The van der Waals surface area contributed by atoms with Crippen LogP contribution in [0.15, 0.2) is 59.6 Å². The first-order valence-electron chi connectivity index (χ1n) is 13.5. The zero-order valence-corrected chi connectivity index (χ0v) is 22.2. The molecule has 2 fully saturated rings. The number of pyridine rings is 1. The number of allylic oxidation sites excluding steroid dienone is 3. The van der Waals surface area contributed by atoms with Crippen LogP contribution in [0.1, 0.15) is 57.4 Å². The Morgan fingerprint density at radius 3 is 2.84 bits per heavy atom. The number of ether oxygens (including phenoxy) is 2. The molecule has 194 valence electrons. The molecule has 0 saturated heterocycles. The molecule has 1 aromatic heterocycles. The minimum atomic E-state index is -0.241. The van der Waals surface area contributed by atoms with E-state index in [2.05, 4.69) is 55.2 Å². The fourth-order valence-electron chi connectivity index (χ4n) is 7.70. The van der Waals surface area contributed by atoms with E-state index in [-0.39, 0.29) is 47.1 Å². The van der Waals surface area contributed by atoms with E-state index in [0.717, 1.165) is 54.3 Å². The Hall–Kier alpha value is -2.99. The highest BCUT2D eigenvalue weighted by Crippen LogP contribution is 2.62. The van der Waals surface area contributed by atoms with E-state index in [4.69, 9.17) is 9.47 Å². The van der Waals surface area contributed by atoms with Crippen molar-refractivity contribution in [3.63, 3.8) is 0 Å². The lowest BCUT2D eigenvalue weighted by Gasteiger charge is -2.48. The van der Waals surface area contributed by atoms with Crippen molar-refractivity contribution in [1.29, 1.82) is 0 Å². The number of rotatable bonds is 4. The largest absolute Gasteiger partial charge is 0.489 e. The van der Waals surface area contributed by atoms with E-state index in [1.807, 2.05) is 18.5 Å². The summed E-state index contributed by atoms with van der Waals surface area (Å²) in [5.41, 5.74) is 3.11. The number of aromatic nitrogens is 1. The Labute approximate surface area is 218 Å². The van der Waals surface area contributed by atoms with Crippen LogP contribution in [0.5, 0.6) is 0 Å². The fraction of sp³-hybridized carbons (Fsp3) is 0.516. The standard InChI is InChI=1S/C31H36N2O4/c1-18(34)36-28-15-25-30-22(14-24-26(35)11-19(17-33(3)4)12-27(24)37-30)7-9-31(25,2)29(28)21-6-5-20-8-10-32-16-23(20)13-21/h5-6,8,10,13-14,16,19,25,28-30H,7,9,11-12,15,17H2,1-4H3/t19?,25-,28?,29-,30+,31-/m0/s1. The maximum atomic E-state index is 13.0. The van der Waals surface area contributed by atoms with Crippen LogP contribution >= 0.6 is 0 Å². The van der Waals surface area contributed by atoms with Gasteiger partial charge in [0, 0.05) is 55.9 Å². The molecule has 1 aliphatic heterocycles. The number of hydrogen-bond acceptors (Lipinski definition) is 6. The molecule has 6 atom stereocenters. The van der Waals surface area contributed by atoms with Crippen LogP contribution in [0.3, 0.4) is 0 Å². The van der Waals surface area contributed by atoms with Crippen molar-refractivity contribution in [2.24, 2.45) is 17.3 Å². The monoisotopic (exact) mass is 500 g/mol. The Morgan fingerprint density at radius 2 is 2.05 bits per heavy atom. The highest BCUT2D eigenvalue weighted by molar-refractivity contribution is 6.00. The predicted molar refractivity (Wildman–Crippen MR) is 142 cm³/mol. The molecular formula is C31H36N2O4. The molecule has 2 saturated carbocycles. The number of hydrogen-bond donors (Lipinski definition) is 0. The summed E-state index contributed by atoms with van der Waals surface area (Å²) in [5.74, 6) is 1.38. The lowest BCUT2D eigenvalue weighted by molar-refractivity contribution is -0.147. The minimum Gasteiger partial charge on any atom is -0.489 e. The Kier molecular flexibility index (Phi) is 5.98. The zero-order chi connectivity index (χ0) is 25.9. The number of fused-ring (bicyclic) bond motifs is 4. The zero-order valence-electron chi connectivity index (χ0n) is 22.2. The summed E-state index contributed by atoms with van der Waals surface area (Å²) >= 11 is 0. The van der Waals surface area contributed by atoms with Gasteiger partial charge in [0.1, 0.15) is 18.0 Å². The van der Waals surface area contributed by atoms with Crippen LogP contribution in [-0.2, 0) is 19.1 Å². The van der Waals surface area contributed by atoms with Gasteiger partial charge in [0.2, 0.25) is 0 Å². The lowest BCUT2D eigenvalue weighted by atomic mass is 9.61. The third-order valence-electron chi connectivity index (χ3n) is 9.21. The average Bonchev–Trinajstić information content (AvgIpc) is 3.14. The van der Waals surface area contributed by atoms with Gasteiger partial charge in [-0.25, -0.2) is 0 Å². The van der Waals surface area contributed by atoms with Crippen LogP contribution in [0.2, 0.25) is 0 Å². The number of nitrogens with zero attached hydrogens (tertiary/aromatic N) is 2. The maximum Gasteiger partial charge on any atom is 0.302 e. The quantitative estimate of drug-likeness (QED) is 0.538. The molecular weight excluding hydrogens is 464 g/mol. The van der Waals surface area contributed by atoms with Gasteiger partial charge in [-0.05, 0) is 79.4 Å². The van der Waals surface area contributed by atoms with E-state index in [1.54, 1.807) is 0 Å². The van der Waals surface area contributed by atoms with Crippen molar-refractivity contribution >= 4 is 22.5 Å². The number of carbonyl (C=O) groups excluding carboxylic acids is 2. The van der Waals surface area contributed by atoms with Crippen molar-refractivity contribution in [2.45, 2.75) is 64.1 Å². The van der Waals surface area contributed by atoms with Crippen LogP contribution < -0.4 is 0 Å². The summed E-state index contributed by atoms with van der Waals surface area (Å²) in [6.45, 7) is 4.73. The number of Topliss-reactive ketones (excluding diaryl/α,β-unsaturated/α-hetero) is 1. The topological polar surface area (TPSA) is 68.7 Å². The van der Waals surface area contributed by atoms with Crippen LogP contribution in [0.4, 0.5) is 0 Å². The second kappa shape index (κ2) is 9.09. The van der Waals surface area contributed by atoms with Gasteiger partial charge in [-0.1, -0.05) is 19.1 Å². The van der Waals surface area contributed by atoms with Crippen LogP contribution in [0.25, 0.3) is 10.8 Å². The van der Waals surface area contributed by atoms with Gasteiger partial charge in [-0.3, -0.25) is 14.6 Å². The van der Waals surface area contributed by atoms with Crippen molar-refractivity contribution in [1.82, 2.24) is 9.88 Å². The van der Waals surface area contributed by atoms with Crippen molar-refractivity contribution in [2.75, 3.05) is 20.6 Å². The first-order valence-corrected chi connectivity index (χ1v) is 13.5. The molecule has 0 amide bonds. The van der Waals surface area contributed by atoms with Gasteiger partial charge >= 0.3 is 5.97 Å². The van der Waals surface area contributed by atoms with E-state index in [1.165, 1.54) is 18.1 Å². The predicted octanol–water partition coefficient (Wildman–Crippen LogP) is 5.19. The van der Waals surface area contributed by atoms with Crippen molar-refractivity contribution < 1.29 is 19.1 Å². The Morgan fingerprint density at radius 1 is 1.22 bits per heavy atom. The molecule has 3 aliphatic carbocycles. The summed E-state index contributed by atoms with van der Waals surface area (Å²) < 4.78 is 12.8. The normalized spacial score (nSPS) is 32.9. The molecule has 0 radical (unpaired) electrons. The third-order valence-corrected chi connectivity index (χ3v) is 9.21. The van der Waals surface area contributed by atoms with E-state index < -0.39 is 0 Å². The molecule has 0 spiro atoms. The molecule has 2 aromatic rings. The van der Waals surface area contributed by atoms with E-state index in [0.29, 0.717) is 6.42 Å². The van der Waals surface area contributed by atoms with Crippen LogP contribution in [0, 0.1) is 17.3 Å². The van der Waals surface area contributed by atoms with Gasteiger partial charge < -0.3 is 14.4 Å². The number of ketones is 1. The SMILES string of the molecule is CC(=O)OC1C[C@H]2[C@@H]3OC4=C(C=C3CC[C@]2(C)[C@H]1c1ccc2ccncc2c1)C(=O)CC(CN(C)C)C4. The molecule has 0 N–H and O–H groups in total. The first kappa shape index (κ1) is 24.4. The summed E-state index contributed by atoms with van der Waals surface area (Å²) in [7, 11) is 4.11. The average molecular weight is 501 g/mol. The molecule has 2 heterocycles. The molecule has 0 bridgehead atoms. The number of benzene rings is 1. The minimum absolute atomic E-state index is 0.0704. The fourth-order valence-corrected chi connectivity index (χ4v) is 7.70. The Balaban J connectivity index is 1.35. The smallest absolute Gasteiger partial charge is 0.302 e. The second-order valence-corrected chi connectivity index (χ2v) is 12.0. The Bertz CT molecular complexity index is 1330. The second-order valence-electron chi connectivity index (χ2n) is 12.0. The summed E-state index contributed by atoms with van der Waals surface area (Å²) in [5, 5.41) is 2.25. The molecule has 1 aromatic carbocycles. The van der Waals surface area contributed by atoms with Gasteiger partial charge in [-0.2, -0.15) is 0 Å². The molecule has 6 rings (SSSR count). The van der Waals surface area contributed by atoms with Gasteiger partial charge in [-0.15, -0.1) is 0 Å². The van der Waals surface area contributed by atoms with Gasteiger partial charge in [0.15, 0.2) is 5.78 Å². The molecule has 37 heavy (non-hydrogen) atoms. The molecule has 6 nitrogen and oxygen atoms in total. The van der Waals surface area contributed by atoms with Crippen molar-refractivity contribution in [3.8, 4) is 0 Å². The molecule has 6 heteroatoms. The van der Waals surface area contributed by atoms with Gasteiger partial charge in [0.25, 0.3) is 0 Å². The highest BCUT2D eigenvalue weighted by Gasteiger charge is 2.60. The lowest BCUT2D eigenvalue weighted by Crippen LogP contribution is -2.44. The maximum absolute atomic E-state index is 13.0. The number of esters is 1. The van der Waals surface area contributed by atoms with E-state index in [9.17, 15) is 9.59 Å².